The third-order valence-electron chi connectivity index (χ3n) is 3.24. The molecule has 0 aliphatic carbocycles. The Morgan fingerprint density at radius 1 is 1.30 bits per heavy atom. The number of aliphatic hydroxyl groups excluding tert-OH is 1. The van der Waals surface area contributed by atoms with Gasteiger partial charge in [-0.2, -0.15) is 0 Å². The van der Waals surface area contributed by atoms with Crippen LogP contribution in [0, 0.1) is 11.6 Å². The molecule has 0 aliphatic heterocycles. The van der Waals surface area contributed by atoms with E-state index in [1.54, 1.807) is 13.8 Å². The fourth-order valence-corrected chi connectivity index (χ4v) is 4.48. The van der Waals surface area contributed by atoms with Crippen LogP contribution in [0.15, 0.2) is 21.5 Å². The highest BCUT2D eigenvalue weighted by Gasteiger charge is 2.34. The summed E-state index contributed by atoms with van der Waals surface area (Å²) in [6.45, 7) is 3.00. The number of hydrogen-bond donors (Lipinski definition) is 2. The third-order valence-corrected chi connectivity index (χ3v) is 5.78. The van der Waals surface area contributed by atoms with Gasteiger partial charge in [-0.05, 0) is 34.8 Å². The summed E-state index contributed by atoms with van der Waals surface area (Å²) in [5.41, 5.74) is -1.07. The Kier molecular flexibility index (Phi) is 5.65. The Morgan fingerprint density at radius 2 is 1.85 bits per heavy atom. The average Bonchev–Trinajstić information content (AvgIpc) is 2.34. The molecule has 1 aromatic rings. The number of hydrogen-bond acceptors (Lipinski definition) is 3. The quantitative estimate of drug-likeness (QED) is 0.807. The lowest BCUT2D eigenvalue weighted by Gasteiger charge is -2.30. The molecular weight excluding hydrogens is 356 g/mol. The Balaban J connectivity index is 3.32. The molecule has 8 heteroatoms. The predicted molar refractivity (Wildman–Crippen MR) is 74.8 cm³/mol. The molecule has 0 unspecified atom stereocenters. The van der Waals surface area contributed by atoms with Crippen LogP contribution in [0.2, 0.25) is 0 Å². The normalized spacial score (nSPS) is 12.7. The van der Waals surface area contributed by atoms with E-state index in [-0.39, 0.29) is 4.47 Å². The number of nitrogens with one attached hydrogen (secondary N) is 1. The van der Waals surface area contributed by atoms with Crippen molar-refractivity contribution in [1.82, 2.24) is 4.72 Å². The van der Waals surface area contributed by atoms with Crippen molar-refractivity contribution < 1.29 is 22.3 Å². The molecule has 0 saturated heterocycles. The van der Waals surface area contributed by atoms with Crippen molar-refractivity contribution in [2.75, 3.05) is 6.61 Å². The van der Waals surface area contributed by atoms with Crippen LogP contribution in [0.3, 0.4) is 0 Å². The number of rotatable bonds is 6. The zero-order valence-corrected chi connectivity index (χ0v) is 13.5. The monoisotopic (exact) mass is 371 g/mol. The largest absolute Gasteiger partial charge is 0.394 e. The lowest BCUT2D eigenvalue weighted by atomic mass is 9.96. The van der Waals surface area contributed by atoms with Crippen LogP contribution >= 0.6 is 15.9 Å². The molecule has 0 radical (unpaired) electrons. The Hall–Kier alpha value is -0.570. The van der Waals surface area contributed by atoms with Gasteiger partial charge in [0.2, 0.25) is 10.0 Å². The van der Waals surface area contributed by atoms with Crippen LogP contribution in [0.25, 0.3) is 0 Å². The number of aliphatic hydroxyl groups is 1. The van der Waals surface area contributed by atoms with Crippen molar-refractivity contribution in [3.8, 4) is 0 Å². The van der Waals surface area contributed by atoms with E-state index in [0.717, 1.165) is 6.07 Å². The van der Waals surface area contributed by atoms with Gasteiger partial charge in [0.25, 0.3) is 0 Å². The van der Waals surface area contributed by atoms with Gasteiger partial charge in [0.1, 0.15) is 16.5 Å². The van der Waals surface area contributed by atoms with Crippen molar-refractivity contribution >= 4 is 26.0 Å². The van der Waals surface area contributed by atoms with Crippen molar-refractivity contribution in [3.63, 3.8) is 0 Å². The summed E-state index contributed by atoms with van der Waals surface area (Å²) >= 11 is 2.85. The minimum Gasteiger partial charge on any atom is -0.394 e. The van der Waals surface area contributed by atoms with Crippen LogP contribution in [-0.2, 0) is 10.0 Å². The molecule has 0 spiro atoms. The first-order valence-corrected chi connectivity index (χ1v) is 8.28. The first kappa shape index (κ1) is 17.5. The van der Waals surface area contributed by atoms with E-state index in [1.807, 2.05) is 0 Å². The van der Waals surface area contributed by atoms with E-state index in [9.17, 15) is 22.3 Å². The smallest absolute Gasteiger partial charge is 0.245 e. The summed E-state index contributed by atoms with van der Waals surface area (Å²) in [4.78, 5) is -0.668. The molecule has 0 bridgehead atoms. The fraction of sp³-hybridized carbons (Fsp3) is 0.500. The first-order chi connectivity index (χ1) is 9.21. The zero-order valence-electron chi connectivity index (χ0n) is 11.1. The molecule has 0 fully saturated rings. The predicted octanol–water partition coefficient (Wildman–Crippen LogP) is 2.56. The standard InChI is InChI=1S/C12H16BrF2NO3S/c1-3-12(4-2,7-17)16-20(18,19)11-9(13)5-8(14)6-10(11)15/h5-6,16-17H,3-4,7H2,1-2H3. The topological polar surface area (TPSA) is 66.4 Å². The second-order valence-electron chi connectivity index (χ2n) is 4.45. The Morgan fingerprint density at radius 3 is 2.25 bits per heavy atom. The lowest BCUT2D eigenvalue weighted by molar-refractivity contribution is 0.172. The summed E-state index contributed by atoms with van der Waals surface area (Å²) in [5.74, 6) is -2.07. The van der Waals surface area contributed by atoms with Crippen LogP contribution in [0.5, 0.6) is 0 Å². The van der Waals surface area contributed by atoms with E-state index >= 15 is 0 Å². The molecule has 1 aromatic carbocycles. The molecule has 114 valence electrons. The molecule has 4 nitrogen and oxygen atoms in total. The molecule has 2 N–H and O–H groups in total. The zero-order chi connectivity index (χ0) is 15.6. The maximum Gasteiger partial charge on any atom is 0.245 e. The number of halogens is 3. The fourth-order valence-electron chi connectivity index (χ4n) is 1.77. The second-order valence-corrected chi connectivity index (χ2v) is 6.92. The van der Waals surface area contributed by atoms with E-state index in [1.165, 1.54) is 0 Å². The molecule has 1 rings (SSSR count). The van der Waals surface area contributed by atoms with Gasteiger partial charge in [0.15, 0.2) is 0 Å². The van der Waals surface area contributed by atoms with Gasteiger partial charge >= 0.3 is 0 Å². The van der Waals surface area contributed by atoms with Gasteiger partial charge in [-0.15, -0.1) is 0 Å². The summed E-state index contributed by atoms with van der Waals surface area (Å²) in [5, 5.41) is 9.38. The number of benzene rings is 1. The van der Waals surface area contributed by atoms with Crippen LogP contribution in [0.1, 0.15) is 26.7 Å². The van der Waals surface area contributed by atoms with E-state index in [2.05, 4.69) is 20.7 Å². The average molecular weight is 372 g/mol. The second kappa shape index (κ2) is 6.46. The van der Waals surface area contributed by atoms with Gasteiger partial charge in [-0.25, -0.2) is 21.9 Å². The van der Waals surface area contributed by atoms with Gasteiger partial charge < -0.3 is 5.11 Å². The Labute approximate surface area is 125 Å². The summed E-state index contributed by atoms with van der Waals surface area (Å²) in [6.07, 6.45) is 0.666. The highest BCUT2D eigenvalue weighted by Crippen LogP contribution is 2.28. The third kappa shape index (κ3) is 3.55. The van der Waals surface area contributed by atoms with Crippen molar-refractivity contribution in [3.05, 3.63) is 28.2 Å². The maximum absolute atomic E-state index is 13.7. The van der Waals surface area contributed by atoms with Gasteiger partial charge in [0, 0.05) is 10.5 Å². The van der Waals surface area contributed by atoms with Crippen molar-refractivity contribution in [2.24, 2.45) is 0 Å². The van der Waals surface area contributed by atoms with Crippen LogP contribution < -0.4 is 4.72 Å². The van der Waals surface area contributed by atoms with Crippen LogP contribution in [-0.4, -0.2) is 25.7 Å². The molecule has 0 heterocycles. The Bertz CT molecular complexity index is 557. The minimum atomic E-state index is -4.23. The summed E-state index contributed by atoms with van der Waals surface area (Å²) < 4.78 is 53.4. The maximum atomic E-state index is 13.7. The van der Waals surface area contributed by atoms with Gasteiger partial charge in [-0.3, -0.25) is 0 Å². The SMILES string of the molecule is CCC(CC)(CO)NS(=O)(=O)c1c(F)cc(F)cc1Br. The summed E-state index contributed by atoms with van der Waals surface area (Å²) in [6, 6.07) is 1.37. The van der Waals surface area contributed by atoms with E-state index in [0.29, 0.717) is 18.9 Å². The van der Waals surface area contributed by atoms with Crippen molar-refractivity contribution in [2.45, 2.75) is 37.1 Å². The number of sulfonamides is 1. The van der Waals surface area contributed by atoms with Gasteiger partial charge in [-0.1, -0.05) is 13.8 Å². The molecular formula is C12H16BrF2NO3S. The molecule has 0 aromatic heterocycles. The van der Waals surface area contributed by atoms with E-state index < -0.39 is 38.7 Å². The molecule has 0 aliphatic rings. The molecule has 0 amide bonds. The summed E-state index contributed by atoms with van der Waals surface area (Å²) in [7, 11) is -4.23. The minimum absolute atomic E-state index is 0.207. The van der Waals surface area contributed by atoms with Crippen LogP contribution in [0.4, 0.5) is 8.78 Å². The molecule has 0 atom stereocenters. The van der Waals surface area contributed by atoms with E-state index in [4.69, 9.17) is 0 Å². The lowest BCUT2D eigenvalue weighted by Crippen LogP contribution is -2.50. The molecule has 0 saturated carbocycles. The first-order valence-electron chi connectivity index (χ1n) is 6.00. The highest BCUT2D eigenvalue weighted by molar-refractivity contribution is 9.10. The van der Waals surface area contributed by atoms with Gasteiger partial charge in [0.05, 0.1) is 12.1 Å². The highest BCUT2D eigenvalue weighted by atomic mass is 79.9. The van der Waals surface area contributed by atoms with Crippen molar-refractivity contribution in [1.29, 1.82) is 0 Å². The molecule has 20 heavy (non-hydrogen) atoms.